The molecule has 104 valence electrons. The summed E-state index contributed by atoms with van der Waals surface area (Å²) in [5.41, 5.74) is 1.12. The number of hydrogen-bond acceptors (Lipinski definition) is 1. The highest BCUT2D eigenvalue weighted by atomic mass is 16.5. The monoisotopic (exact) mass is 258 g/mol. The average molecular weight is 258 g/mol. The van der Waals surface area contributed by atoms with Gasteiger partial charge < -0.3 is 4.74 Å². The predicted molar refractivity (Wildman–Crippen MR) is 84.5 cm³/mol. The Hall–Kier alpha value is -1.50. The Kier molecular flexibility index (Phi) is 8.54. The Morgan fingerprint density at radius 2 is 1.79 bits per heavy atom. The van der Waals surface area contributed by atoms with Crippen molar-refractivity contribution in [1.82, 2.24) is 0 Å². The molecule has 1 aromatic carbocycles. The Morgan fingerprint density at radius 3 is 2.58 bits per heavy atom. The van der Waals surface area contributed by atoms with Crippen LogP contribution >= 0.6 is 0 Å². The Balaban J connectivity index is 2.25. The van der Waals surface area contributed by atoms with Gasteiger partial charge in [-0.1, -0.05) is 75.1 Å². The molecule has 1 heteroatoms. The Morgan fingerprint density at radius 1 is 1.00 bits per heavy atom. The highest BCUT2D eigenvalue weighted by Crippen LogP contribution is 2.18. The van der Waals surface area contributed by atoms with Gasteiger partial charge in [-0.2, -0.15) is 0 Å². The third-order valence-corrected chi connectivity index (χ3v) is 3.14. The summed E-state index contributed by atoms with van der Waals surface area (Å²) < 4.78 is 5.30. The number of rotatable bonds is 9. The van der Waals surface area contributed by atoms with Crippen LogP contribution in [-0.2, 0) is 0 Å². The van der Waals surface area contributed by atoms with E-state index in [4.69, 9.17) is 4.74 Å². The molecule has 0 aliphatic carbocycles. The van der Waals surface area contributed by atoms with E-state index >= 15 is 0 Å². The number of unbranched alkanes of at least 4 members (excludes halogenated alkanes) is 5. The van der Waals surface area contributed by atoms with E-state index in [1.54, 1.807) is 7.11 Å². The second kappa shape index (κ2) is 10.4. The third-order valence-electron chi connectivity index (χ3n) is 3.14. The highest BCUT2D eigenvalue weighted by molar-refractivity contribution is 5.58. The van der Waals surface area contributed by atoms with Gasteiger partial charge in [-0.3, -0.25) is 0 Å². The van der Waals surface area contributed by atoms with E-state index in [1.807, 2.05) is 18.2 Å². The van der Waals surface area contributed by atoms with E-state index in [0.717, 1.165) is 11.3 Å². The smallest absolute Gasteiger partial charge is 0.126 e. The van der Waals surface area contributed by atoms with Crippen molar-refractivity contribution >= 4 is 6.08 Å². The van der Waals surface area contributed by atoms with Crippen molar-refractivity contribution in [2.45, 2.75) is 45.4 Å². The van der Waals surface area contributed by atoms with E-state index in [0.29, 0.717) is 0 Å². The van der Waals surface area contributed by atoms with Crippen LogP contribution in [0.1, 0.15) is 51.0 Å². The van der Waals surface area contributed by atoms with Gasteiger partial charge in [0.05, 0.1) is 7.11 Å². The van der Waals surface area contributed by atoms with Gasteiger partial charge in [0.25, 0.3) is 0 Å². The molecule has 0 unspecified atom stereocenters. The number of para-hydroxylation sites is 1. The molecule has 0 N–H and O–H groups in total. The summed E-state index contributed by atoms with van der Waals surface area (Å²) in [6.45, 7) is 2.25. The van der Waals surface area contributed by atoms with Crippen LogP contribution in [0.2, 0.25) is 0 Å². The summed E-state index contributed by atoms with van der Waals surface area (Å²) in [4.78, 5) is 0. The summed E-state index contributed by atoms with van der Waals surface area (Å²) in [6, 6.07) is 8.06. The highest BCUT2D eigenvalue weighted by Gasteiger charge is 1.94. The fourth-order valence-corrected chi connectivity index (χ4v) is 2.00. The first-order valence-electron chi connectivity index (χ1n) is 7.34. The maximum Gasteiger partial charge on any atom is 0.126 e. The third kappa shape index (κ3) is 6.85. The van der Waals surface area contributed by atoms with Gasteiger partial charge >= 0.3 is 0 Å². The largest absolute Gasteiger partial charge is 0.496 e. The van der Waals surface area contributed by atoms with E-state index < -0.39 is 0 Å². The lowest BCUT2D eigenvalue weighted by atomic mass is 10.1. The number of ether oxygens (including phenoxy) is 1. The van der Waals surface area contributed by atoms with Gasteiger partial charge in [-0.05, 0) is 18.9 Å². The molecule has 1 rings (SSSR count). The molecule has 0 amide bonds. The lowest BCUT2D eigenvalue weighted by Crippen LogP contribution is -1.84. The molecule has 1 aromatic rings. The lowest BCUT2D eigenvalue weighted by Gasteiger charge is -2.02. The SMILES string of the molecule is CCCCCCC/C=C/C=C/c1ccccc1OC. The summed E-state index contributed by atoms with van der Waals surface area (Å²) in [7, 11) is 1.71. The Bertz CT molecular complexity index is 390. The second-order valence-corrected chi connectivity index (χ2v) is 4.73. The molecule has 0 bridgehead atoms. The van der Waals surface area contributed by atoms with Gasteiger partial charge in [0, 0.05) is 5.56 Å². The molecule has 0 aromatic heterocycles. The maximum atomic E-state index is 5.30. The van der Waals surface area contributed by atoms with Crippen molar-refractivity contribution in [2.24, 2.45) is 0 Å². The van der Waals surface area contributed by atoms with E-state index in [9.17, 15) is 0 Å². The first-order chi connectivity index (χ1) is 9.38. The number of allylic oxidation sites excluding steroid dienone is 3. The van der Waals surface area contributed by atoms with Gasteiger partial charge in [0.2, 0.25) is 0 Å². The molecule has 19 heavy (non-hydrogen) atoms. The molecule has 1 nitrogen and oxygen atoms in total. The van der Waals surface area contributed by atoms with E-state index in [2.05, 4.69) is 37.3 Å². The molecule has 0 saturated heterocycles. The molecule has 0 saturated carbocycles. The minimum absolute atomic E-state index is 0.923. The number of methoxy groups -OCH3 is 1. The summed E-state index contributed by atoms with van der Waals surface area (Å²) in [5, 5.41) is 0. The van der Waals surface area contributed by atoms with Crippen LogP contribution in [0, 0.1) is 0 Å². The van der Waals surface area contributed by atoms with Gasteiger partial charge in [-0.25, -0.2) is 0 Å². The number of benzene rings is 1. The first kappa shape index (κ1) is 15.6. The molecule has 0 atom stereocenters. The molecule has 0 heterocycles. The molecule has 0 fully saturated rings. The van der Waals surface area contributed by atoms with Crippen LogP contribution in [0.5, 0.6) is 5.75 Å². The second-order valence-electron chi connectivity index (χ2n) is 4.73. The lowest BCUT2D eigenvalue weighted by molar-refractivity contribution is 0.414. The van der Waals surface area contributed by atoms with Crippen molar-refractivity contribution < 1.29 is 4.74 Å². The van der Waals surface area contributed by atoms with Crippen molar-refractivity contribution in [2.75, 3.05) is 7.11 Å². The molecular weight excluding hydrogens is 232 g/mol. The van der Waals surface area contributed by atoms with Crippen molar-refractivity contribution in [3.8, 4) is 5.75 Å². The summed E-state index contributed by atoms with van der Waals surface area (Å²) in [5.74, 6) is 0.923. The topological polar surface area (TPSA) is 9.23 Å². The van der Waals surface area contributed by atoms with Crippen molar-refractivity contribution in [3.05, 3.63) is 48.1 Å². The van der Waals surface area contributed by atoms with Crippen LogP contribution in [0.3, 0.4) is 0 Å². The normalized spacial score (nSPS) is 11.5. The van der Waals surface area contributed by atoms with Crippen molar-refractivity contribution in [3.63, 3.8) is 0 Å². The fraction of sp³-hybridized carbons (Fsp3) is 0.444. The van der Waals surface area contributed by atoms with Gasteiger partial charge in [0.1, 0.15) is 5.75 Å². The van der Waals surface area contributed by atoms with Crippen LogP contribution in [0.4, 0.5) is 0 Å². The van der Waals surface area contributed by atoms with Crippen LogP contribution in [0.25, 0.3) is 6.08 Å². The van der Waals surface area contributed by atoms with Gasteiger partial charge in [0.15, 0.2) is 0 Å². The molecule has 0 spiro atoms. The minimum Gasteiger partial charge on any atom is -0.496 e. The summed E-state index contributed by atoms with van der Waals surface area (Å²) in [6.07, 6.45) is 16.5. The van der Waals surface area contributed by atoms with Crippen molar-refractivity contribution in [1.29, 1.82) is 0 Å². The first-order valence-corrected chi connectivity index (χ1v) is 7.34. The Labute approximate surface area is 118 Å². The number of hydrogen-bond donors (Lipinski definition) is 0. The zero-order valence-corrected chi connectivity index (χ0v) is 12.3. The standard InChI is InChI=1S/C18H26O/c1-3-4-5-6-7-8-9-10-11-14-17-15-12-13-16-18(17)19-2/h9-16H,3-8H2,1-2H3/b10-9+,14-11+. The predicted octanol–water partition coefficient (Wildman–Crippen LogP) is 5.63. The molecule has 0 aliphatic rings. The minimum atomic E-state index is 0.923. The fourth-order valence-electron chi connectivity index (χ4n) is 2.00. The van der Waals surface area contributed by atoms with E-state index in [1.165, 1.54) is 38.5 Å². The summed E-state index contributed by atoms with van der Waals surface area (Å²) >= 11 is 0. The van der Waals surface area contributed by atoms with Crippen LogP contribution < -0.4 is 4.74 Å². The average Bonchev–Trinajstić information content (AvgIpc) is 2.46. The van der Waals surface area contributed by atoms with Crippen LogP contribution in [0.15, 0.2) is 42.5 Å². The van der Waals surface area contributed by atoms with Crippen LogP contribution in [-0.4, -0.2) is 7.11 Å². The maximum absolute atomic E-state index is 5.30. The molecule has 0 radical (unpaired) electrons. The quantitative estimate of drug-likeness (QED) is 0.412. The van der Waals surface area contributed by atoms with Gasteiger partial charge in [-0.15, -0.1) is 0 Å². The zero-order valence-electron chi connectivity index (χ0n) is 12.3. The van der Waals surface area contributed by atoms with E-state index in [-0.39, 0.29) is 0 Å². The zero-order chi connectivity index (χ0) is 13.8. The molecular formula is C18H26O. The molecule has 0 aliphatic heterocycles.